The predicted octanol–water partition coefficient (Wildman–Crippen LogP) is -0.547. The van der Waals surface area contributed by atoms with Gasteiger partial charge in [0.25, 0.3) is 5.91 Å². The molecule has 1 atom stereocenters. The van der Waals surface area contributed by atoms with Gasteiger partial charge in [-0.15, -0.1) is 0 Å². The Morgan fingerprint density at radius 1 is 1.00 bits per heavy atom. The smallest absolute Gasteiger partial charge is 0.423 e. The lowest BCUT2D eigenvalue weighted by Crippen LogP contribution is -2.37. The Kier molecular flexibility index (Phi) is 10.5. The molecule has 0 aromatic heterocycles. The average molecular weight is 574 g/mol. The topological polar surface area (TPSA) is 170 Å². The van der Waals surface area contributed by atoms with Crippen LogP contribution in [0.4, 0.5) is 13.2 Å². The lowest BCUT2D eigenvalue weighted by Gasteiger charge is -2.25. The summed E-state index contributed by atoms with van der Waals surface area (Å²) in [6.45, 7) is -0.504. The van der Waals surface area contributed by atoms with Crippen LogP contribution in [0.2, 0.25) is 0 Å². The zero-order valence-electron chi connectivity index (χ0n) is 19.0. The number of rotatable bonds is 11. The molecule has 0 fully saturated rings. The molecule has 0 spiro atoms. The van der Waals surface area contributed by atoms with Gasteiger partial charge in [-0.3, -0.25) is 9.59 Å². The molecule has 2 amide bonds. The molecule has 0 saturated heterocycles. The molecule has 8 N–H and O–H groups in total. The molecule has 0 radical (unpaired) electrons. The molecule has 2 aromatic rings. The molecular formula is C21H25B2BrF3N3O6. The summed E-state index contributed by atoms with van der Waals surface area (Å²) in [4.78, 5) is 25.6. The van der Waals surface area contributed by atoms with E-state index in [1.165, 1.54) is 18.2 Å². The van der Waals surface area contributed by atoms with Gasteiger partial charge in [0.05, 0.1) is 11.6 Å². The number of amides is 2. The summed E-state index contributed by atoms with van der Waals surface area (Å²) in [6, 6.07) is 5.85. The zero-order chi connectivity index (χ0) is 27.2. The third kappa shape index (κ3) is 8.32. The molecule has 2 rings (SSSR count). The standard InChI is InChI=1S/C21H25B2BrF3N3O6/c24-16-8-13(7-15(9-16)23(35)36)20(32)30(6-2-1-3-18(28)19(29)31)11-12-4-5-14(22(33)34)10-17(12)21(25,26)27/h4-5,7-10,18,33-36H,1-3,6,11,28H2,(H2,29,31)/t18-/m0/s1. The summed E-state index contributed by atoms with van der Waals surface area (Å²) in [6.07, 6.45) is -3.99. The molecule has 0 unspecified atom stereocenters. The van der Waals surface area contributed by atoms with Gasteiger partial charge in [0.1, 0.15) is 0 Å². The normalized spacial score (nSPS) is 12.2. The van der Waals surface area contributed by atoms with Gasteiger partial charge in [0.2, 0.25) is 5.91 Å². The van der Waals surface area contributed by atoms with Crippen LogP contribution in [0.3, 0.4) is 0 Å². The predicted molar refractivity (Wildman–Crippen MR) is 131 cm³/mol. The fourth-order valence-corrected chi connectivity index (χ4v) is 4.00. The Labute approximate surface area is 214 Å². The molecule has 0 heterocycles. The number of benzene rings is 2. The van der Waals surface area contributed by atoms with Gasteiger partial charge in [0.15, 0.2) is 0 Å². The minimum absolute atomic E-state index is 0.00243. The molecule has 0 aliphatic carbocycles. The lowest BCUT2D eigenvalue weighted by molar-refractivity contribution is -0.138. The van der Waals surface area contributed by atoms with Gasteiger partial charge in [-0.1, -0.05) is 28.1 Å². The first-order valence-corrected chi connectivity index (χ1v) is 11.6. The second-order valence-electron chi connectivity index (χ2n) is 8.17. The van der Waals surface area contributed by atoms with E-state index in [1.807, 2.05) is 0 Å². The third-order valence-corrected chi connectivity index (χ3v) is 5.87. The Balaban J connectivity index is 2.41. The van der Waals surface area contributed by atoms with Crippen molar-refractivity contribution in [3.63, 3.8) is 0 Å². The van der Waals surface area contributed by atoms with Crippen LogP contribution in [0.15, 0.2) is 40.9 Å². The molecule has 0 aliphatic rings. The molecule has 36 heavy (non-hydrogen) atoms. The highest BCUT2D eigenvalue weighted by Gasteiger charge is 2.35. The summed E-state index contributed by atoms with van der Waals surface area (Å²) in [5, 5.41) is 37.5. The van der Waals surface area contributed by atoms with Crippen molar-refractivity contribution >= 4 is 52.9 Å². The Morgan fingerprint density at radius 3 is 2.19 bits per heavy atom. The summed E-state index contributed by atoms with van der Waals surface area (Å²) >= 11 is 3.17. The van der Waals surface area contributed by atoms with Gasteiger partial charge in [-0.05, 0) is 60.0 Å². The molecule has 9 nitrogen and oxygen atoms in total. The van der Waals surface area contributed by atoms with Gasteiger partial charge in [0, 0.05) is 23.1 Å². The summed E-state index contributed by atoms with van der Waals surface area (Å²) in [5.74, 6) is -1.38. The van der Waals surface area contributed by atoms with Crippen LogP contribution >= 0.6 is 15.9 Å². The third-order valence-electron chi connectivity index (χ3n) is 5.41. The van der Waals surface area contributed by atoms with E-state index in [9.17, 15) is 42.9 Å². The van der Waals surface area contributed by atoms with Crippen molar-refractivity contribution < 1.29 is 42.9 Å². The number of unbranched alkanes of at least 4 members (excludes halogenated alkanes) is 1. The highest BCUT2D eigenvalue weighted by atomic mass is 79.9. The van der Waals surface area contributed by atoms with E-state index in [-0.39, 0.29) is 41.4 Å². The van der Waals surface area contributed by atoms with Crippen molar-refractivity contribution in [1.82, 2.24) is 4.90 Å². The maximum atomic E-state index is 13.7. The number of carbonyl (C=O) groups is 2. The molecule has 0 aliphatic heterocycles. The first-order chi connectivity index (χ1) is 16.7. The Morgan fingerprint density at radius 2 is 1.64 bits per heavy atom. The number of halogens is 4. The minimum atomic E-state index is -4.84. The molecule has 0 bridgehead atoms. The van der Waals surface area contributed by atoms with Crippen LogP contribution in [0, 0.1) is 0 Å². The number of hydrogen-bond acceptors (Lipinski definition) is 7. The number of carbonyl (C=O) groups excluding carboxylic acids is 2. The minimum Gasteiger partial charge on any atom is -0.423 e. The van der Waals surface area contributed by atoms with Crippen LogP contribution in [0.25, 0.3) is 0 Å². The first kappa shape index (κ1) is 29.8. The highest BCUT2D eigenvalue weighted by Crippen LogP contribution is 2.32. The summed E-state index contributed by atoms with van der Waals surface area (Å²) in [7, 11) is -4.00. The highest BCUT2D eigenvalue weighted by molar-refractivity contribution is 9.10. The fraction of sp³-hybridized carbons (Fsp3) is 0.333. The lowest BCUT2D eigenvalue weighted by atomic mass is 9.78. The van der Waals surface area contributed by atoms with E-state index < -0.39 is 50.4 Å². The van der Waals surface area contributed by atoms with Gasteiger partial charge >= 0.3 is 20.4 Å². The molecule has 194 valence electrons. The number of hydrogen-bond donors (Lipinski definition) is 6. The van der Waals surface area contributed by atoms with E-state index in [1.54, 1.807) is 0 Å². The van der Waals surface area contributed by atoms with E-state index >= 15 is 0 Å². The van der Waals surface area contributed by atoms with Crippen LogP contribution < -0.4 is 22.4 Å². The monoisotopic (exact) mass is 573 g/mol. The zero-order valence-corrected chi connectivity index (χ0v) is 20.5. The molecular weight excluding hydrogens is 549 g/mol. The number of primary amides is 1. The largest absolute Gasteiger partial charge is 0.488 e. The van der Waals surface area contributed by atoms with Gasteiger partial charge in [-0.25, -0.2) is 0 Å². The van der Waals surface area contributed by atoms with Crippen molar-refractivity contribution in [3.8, 4) is 0 Å². The van der Waals surface area contributed by atoms with Crippen molar-refractivity contribution in [2.45, 2.75) is 38.0 Å². The maximum absolute atomic E-state index is 13.7. The molecule has 15 heteroatoms. The van der Waals surface area contributed by atoms with Crippen molar-refractivity contribution in [2.75, 3.05) is 6.54 Å². The first-order valence-electron chi connectivity index (χ1n) is 10.8. The summed E-state index contributed by atoms with van der Waals surface area (Å²) in [5.41, 5.74) is 8.94. The van der Waals surface area contributed by atoms with Crippen LogP contribution in [-0.2, 0) is 17.5 Å². The van der Waals surface area contributed by atoms with Crippen molar-refractivity contribution in [3.05, 3.63) is 57.6 Å². The van der Waals surface area contributed by atoms with E-state index in [0.717, 1.165) is 17.0 Å². The van der Waals surface area contributed by atoms with Crippen LogP contribution in [0.5, 0.6) is 0 Å². The Hall–Kier alpha value is -2.42. The second-order valence-corrected chi connectivity index (χ2v) is 9.08. The van der Waals surface area contributed by atoms with E-state index in [2.05, 4.69) is 15.9 Å². The fourth-order valence-electron chi connectivity index (χ4n) is 3.49. The van der Waals surface area contributed by atoms with Crippen LogP contribution in [-0.4, -0.2) is 63.6 Å². The second kappa shape index (κ2) is 12.7. The molecule has 2 aromatic carbocycles. The van der Waals surface area contributed by atoms with Crippen molar-refractivity contribution in [2.24, 2.45) is 11.5 Å². The SMILES string of the molecule is NC(=O)[C@@H](N)CCCCN(Cc1ccc(B(O)O)cc1C(F)(F)F)C(=O)c1cc(Br)cc(B(O)O)c1. The van der Waals surface area contributed by atoms with Gasteiger partial charge < -0.3 is 36.5 Å². The number of nitrogens with zero attached hydrogens (tertiary/aromatic N) is 1. The number of nitrogens with two attached hydrogens (primary N) is 2. The van der Waals surface area contributed by atoms with Crippen molar-refractivity contribution in [1.29, 1.82) is 0 Å². The maximum Gasteiger partial charge on any atom is 0.488 e. The molecule has 0 saturated carbocycles. The quantitative estimate of drug-likeness (QED) is 0.155. The van der Waals surface area contributed by atoms with E-state index in [4.69, 9.17) is 11.5 Å². The average Bonchev–Trinajstić information content (AvgIpc) is 2.79. The van der Waals surface area contributed by atoms with E-state index in [0.29, 0.717) is 17.0 Å². The van der Waals surface area contributed by atoms with Crippen LogP contribution in [0.1, 0.15) is 40.7 Å². The van der Waals surface area contributed by atoms with Gasteiger partial charge in [-0.2, -0.15) is 13.2 Å². The Bertz CT molecular complexity index is 1090. The summed E-state index contributed by atoms with van der Waals surface area (Å²) < 4.78 is 41.6. The number of alkyl halides is 3.